The molecule has 166 valence electrons. The first-order chi connectivity index (χ1) is 15.9. The Bertz CT molecular complexity index is 1240. The van der Waals surface area contributed by atoms with Gasteiger partial charge in [0.25, 0.3) is 11.7 Å². The Kier molecular flexibility index (Phi) is 6.67. The summed E-state index contributed by atoms with van der Waals surface area (Å²) >= 11 is 11.8. The Morgan fingerprint density at radius 2 is 1.70 bits per heavy atom. The third-order valence-corrected chi connectivity index (χ3v) is 5.02. The number of rotatable bonds is 6. The van der Waals surface area contributed by atoms with Crippen LogP contribution in [0.1, 0.15) is 17.5 Å². The topological polar surface area (TPSA) is 99.0 Å². The molecule has 0 spiro atoms. The SMILES string of the molecule is CC(OC(=O)c1nc(-c2ccccc2)n(-c2ccccc2)n1)C(=O)Nc1ncc(Cl)cc1Cl. The lowest BCUT2D eigenvalue weighted by Crippen LogP contribution is -2.30. The highest BCUT2D eigenvalue weighted by Crippen LogP contribution is 2.23. The Labute approximate surface area is 199 Å². The monoisotopic (exact) mass is 481 g/mol. The lowest BCUT2D eigenvalue weighted by molar-refractivity contribution is -0.123. The van der Waals surface area contributed by atoms with Gasteiger partial charge in [-0.2, -0.15) is 0 Å². The molecule has 2 aromatic carbocycles. The number of nitrogens with zero attached hydrogens (tertiary/aromatic N) is 4. The second-order valence-electron chi connectivity index (χ2n) is 6.89. The van der Waals surface area contributed by atoms with E-state index < -0.39 is 18.0 Å². The van der Waals surface area contributed by atoms with E-state index in [1.165, 1.54) is 19.2 Å². The first-order valence-corrected chi connectivity index (χ1v) is 10.6. The van der Waals surface area contributed by atoms with Crippen molar-refractivity contribution in [3.63, 3.8) is 0 Å². The number of hydrogen-bond donors (Lipinski definition) is 1. The van der Waals surface area contributed by atoms with Gasteiger partial charge in [0.2, 0.25) is 0 Å². The van der Waals surface area contributed by atoms with Gasteiger partial charge >= 0.3 is 5.97 Å². The molecule has 1 atom stereocenters. The zero-order valence-electron chi connectivity index (χ0n) is 17.3. The zero-order chi connectivity index (χ0) is 23.4. The molecule has 2 aromatic heterocycles. The molecule has 4 rings (SSSR count). The maximum absolute atomic E-state index is 12.8. The molecule has 8 nitrogen and oxygen atoms in total. The van der Waals surface area contributed by atoms with Gasteiger partial charge in [-0.3, -0.25) is 4.79 Å². The average Bonchev–Trinajstić information content (AvgIpc) is 3.28. The van der Waals surface area contributed by atoms with E-state index in [-0.39, 0.29) is 16.7 Å². The highest BCUT2D eigenvalue weighted by molar-refractivity contribution is 6.36. The van der Waals surface area contributed by atoms with Crippen LogP contribution in [-0.2, 0) is 9.53 Å². The van der Waals surface area contributed by atoms with Crippen LogP contribution in [0.15, 0.2) is 72.9 Å². The minimum Gasteiger partial charge on any atom is -0.447 e. The normalized spacial score (nSPS) is 11.6. The highest BCUT2D eigenvalue weighted by Gasteiger charge is 2.25. The number of pyridine rings is 1. The first kappa shape index (κ1) is 22.4. The van der Waals surface area contributed by atoms with Crippen molar-refractivity contribution in [2.45, 2.75) is 13.0 Å². The number of esters is 1. The molecule has 0 aliphatic rings. The number of carbonyl (C=O) groups is 2. The average molecular weight is 482 g/mol. The quantitative estimate of drug-likeness (QED) is 0.396. The summed E-state index contributed by atoms with van der Waals surface area (Å²) in [6, 6.07) is 20.0. The van der Waals surface area contributed by atoms with Crippen LogP contribution < -0.4 is 5.32 Å². The summed E-state index contributed by atoms with van der Waals surface area (Å²) in [6.45, 7) is 1.42. The van der Waals surface area contributed by atoms with Crippen LogP contribution in [0.2, 0.25) is 10.0 Å². The molecule has 4 aromatic rings. The minimum atomic E-state index is -1.16. The van der Waals surface area contributed by atoms with Crippen molar-refractivity contribution in [3.05, 3.63) is 88.8 Å². The Balaban J connectivity index is 1.55. The van der Waals surface area contributed by atoms with Crippen molar-refractivity contribution in [3.8, 4) is 17.1 Å². The van der Waals surface area contributed by atoms with Crippen molar-refractivity contribution < 1.29 is 14.3 Å². The van der Waals surface area contributed by atoms with Crippen LogP contribution in [0, 0.1) is 0 Å². The van der Waals surface area contributed by atoms with Gasteiger partial charge in [-0.1, -0.05) is 71.7 Å². The maximum atomic E-state index is 12.8. The van der Waals surface area contributed by atoms with Crippen molar-refractivity contribution >= 4 is 40.9 Å². The lowest BCUT2D eigenvalue weighted by atomic mass is 10.2. The number of anilines is 1. The van der Waals surface area contributed by atoms with E-state index >= 15 is 0 Å². The van der Waals surface area contributed by atoms with Crippen molar-refractivity contribution in [1.29, 1.82) is 0 Å². The van der Waals surface area contributed by atoms with Crippen molar-refractivity contribution in [1.82, 2.24) is 19.7 Å². The fourth-order valence-electron chi connectivity index (χ4n) is 2.91. The molecule has 10 heteroatoms. The van der Waals surface area contributed by atoms with Gasteiger partial charge in [0.1, 0.15) is 0 Å². The van der Waals surface area contributed by atoms with Crippen LogP contribution >= 0.6 is 23.2 Å². The molecule has 0 saturated heterocycles. The Hall–Kier alpha value is -3.75. The molecule has 0 saturated carbocycles. The predicted octanol–water partition coefficient (Wildman–Crippen LogP) is 4.82. The summed E-state index contributed by atoms with van der Waals surface area (Å²) in [4.78, 5) is 33.5. The first-order valence-electron chi connectivity index (χ1n) is 9.83. The zero-order valence-corrected chi connectivity index (χ0v) is 18.8. The molecule has 1 unspecified atom stereocenters. The summed E-state index contributed by atoms with van der Waals surface area (Å²) < 4.78 is 6.84. The van der Waals surface area contributed by atoms with E-state index in [1.807, 2.05) is 60.7 Å². The highest BCUT2D eigenvalue weighted by atomic mass is 35.5. The van der Waals surface area contributed by atoms with Crippen molar-refractivity contribution in [2.75, 3.05) is 5.32 Å². The standard InChI is InChI=1S/C23H17Cl2N5O3/c1-14(22(31)28-19-18(25)12-16(24)13-26-19)33-23(32)20-27-21(15-8-4-2-5-9-15)30(29-20)17-10-6-3-7-11-17/h2-14H,1H3,(H,26,28,31). The number of para-hydroxylation sites is 1. The van der Waals surface area contributed by atoms with Gasteiger partial charge in [-0.15, -0.1) is 5.10 Å². The number of amides is 1. The summed E-state index contributed by atoms with van der Waals surface area (Å²) in [5.74, 6) is -1.08. The van der Waals surface area contributed by atoms with Gasteiger partial charge in [0.05, 0.1) is 15.7 Å². The van der Waals surface area contributed by atoms with E-state index in [0.29, 0.717) is 10.8 Å². The number of carbonyl (C=O) groups excluding carboxylic acids is 2. The predicted molar refractivity (Wildman–Crippen MR) is 125 cm³/mol. The number of benzene rings is 2. The van der Waals surface area contributed by atoms with E-state index in [4.69, 9.17) is 27.9 Å². The number of halogens is 2. The van der Waals surface area contributed by atoms with Gasteiger partial charge in [-0.25, -0.2) is 19.4 Å². The third-order valence-electron chi connectivity index (χ3n) is 4.52. The largest absolute Gasteiger partial charge is 0.447 e. The smallest absolute Gasteiger partial charge is 0.379 e. The second-order valence-corrected chi connectivity index (χ2v) is 7.74. The van der Waals surface area contributed by atoms with Crippen LogP contribution in [-0.4, -0.2) is 37.7 Å². The van der Waals surface area contributed by atoms with Gasteiger partial charge < -0.3 is 10.1 Å². The molecule has 0 radical (unpaired) electrons. The molecule has 0 fully saturated rings. The van der Waals surface area contributed by atoms with Gasteiger partial charge in [0, 0.05) is 11.8 Å². The molecular weight excluding hydrogens is 465 g/mol. The number of ether oxygens (including phenoxy) is 1. The van der Waals surface area contributed by atoms with Gasteiger partial charge in [0.15, 0.2) is 17.7 Å². The number of hydrogen-bond acceptors (Lipinski definition) is 6. The third kappa shape index (κ3) is 5.19. The fraction of sp³-hybridized carbons (Fsp3) is 0.0870. The molecule has 0 aliphatic heterocycles. The van der Waals surface area contributed by atoms with E-state index in [0.717, 1.165) is 11.3 Å². The molecule has 0 bridgehead atoms. The summed E-state index contributed by atoms with van der Waals surface area (Å²) in [6.07, 6.45) is 0.181. The molecular formula is C23H17Cl2N5O3. The number of nitrogens with one attached hydrogen (secondary N) is 1. The minimum absolute atomic E-state index is 0.104. The number of aromatic nitrogens is 4. The van der Waals surface area contributed by atoms with Crippen LogP contribution in [0.5, 0.6) is 0 Å². The molecule has 1 N–H and O–H groups in total. The van der Waals surface area contributed by atoms with Gasteiger partial charge in [-0.05, 0) is 25.1 Å². The molecule has 1 amide bonds. The molecule has 0 aliphatic carbocycles. The second kappa shape index (κ2) is 9.81. The van der Waals surface area contributed by atoms with Crippen molar-refractivity contribution in [2.24, 2.45) is 0 Å². The molecule has 2 heterocycles. The van der Waals surface area contributed by atoms with E-state index in [9.17, 15) is 9.59 Å². The Morgan fingerprint density at radius 1 is 1.03 bits per heavy atom. The molecule has 33 heavy (non-hydrogen) atoms. The fourth-order valence-corrected chi connectivity index (χ4v) is 3.34. The summed E-state index contributed by atoms with van der Waals surface area (Å²) in [5.41, 5.74) is 1.49. The van der Waals surface area contributed by atoms with E-state index in [2.05, 4.69) is 20.4 Å². The van der Waals surface area contributed by atoms with Crippen LogP contribution in [0.25, 0.3) is 17.1 Å². The van der Waals surface area contributed by atoms with E-state index in [1.54, 1.807) is 4.68 Å². The summed E-state index contributed by atoms with van der Waals surface area (Å²) in [5, 5.41) is 7.31. The lowest BCUT2D eigenvalue weighted by Gasteiger charge is -2.12. The van der Waals surface area contributed by atoms with Crippen LogP contribution in [0.3, 0.4) is 0 Å². The maximum Gasteiger partial charge on any atom is 0.379 e. The van der Waals surface area contributed by atoms with Crippen LogP contribution in [0.4, 0.5) is 5.82 Å². The summed E-state index contributed by atoms with van der Waals surface area (Å²) in [7, 11) is 0. The Morgan fingerprint density at radius 3 is 2.36 bits per heavy atom.